The van der Waals surface area contributed by atoms with Gasteiger partial charge >= 0.3 is 0 Å². The van der Waals surface area contributed by atoms with Crippen LogP contribution in [0, 0.1) is 13.8 Å². The summed E-state index contributed by atoms with van der Waals surface area (Å²) < 4.78 is 5.54. The van der Waals surface area contributed by atoms with Crippen LogP contribution in [-0.4, -0.2) is 23.9 Å². The van der Waals surface area contributed by atoms with Crippen molar-refractivity contribution in [2.45, 2.75) is 45.8 Å². The minimum absolute atomic E-state index is 0.333. The molecule has 0 radical (unpaired) electrons. The SMILES string of the molecule is Cc1cc(NC2CCOC(C)C2)c(C)cc1O. The summed E-state index contributed by atoms with van der Waals surface area (Å²) in [7, 11) is 0. The molecule has 1 aliphatic heterocycles. The summed E-state index contributed by atoms with van der Waals surface area (Å²) in [5, 5.41) is 13.2. The molecule has 2 N–H and O–H groups in total. The number of hydrogen-bond donors (Lipinski definition) is 2. The molecule has 3 heteroatoms. The molecule has 94 valence electrons. The van der Waals surface area contributed by atoms with Gasteiger partial charge in [-0.2, -0.15) is 0 Å². The minimum atomic E-state index is 0.333. The molecule has 1 aromatic rings. The lowest BCUT2D eigenvalue weighted by atomic mass is 10.0. The number of phenols is 1. The van der Waals surface area contributed by atoms with Gasteiger partial charge in [-0.25, -0.2) is 0 Å². The van der Waals surface area contributed by atoms with Crippen LogP contribution in [0.4, 0.5) is 5.69 Å². The summed E-state index contributed by atoms with van der Waals surface area (Å²) >= 11 is 0. The number of hydrogen-bond acceptors (Lipinski definition) is 3. The zero-order valence-corrected chi connectivity index (χ0v) is 10.8. The van der Waals surface area contributed by atoms with Crippen molar-refractivity contribution < 1.29 is 9.84 Å². The van der Waals surface area contributed by atoms with Crippen molar-refractivity contribution in [3.8, 4) is 5.75 Å². The van der Waals surface area contributed by atoms with Crippen LogP contribution in [-0.2, 0) is 4.74 Å². The number of nitrogens with one attached hydrogen (secondary N) is 1. The van der Waals surface area contributed by atoms with Crippen molar-refractivity contribution in [2.24, 2.45) is 0 Å². The van der Waals surface area contributed by atoms with Crippen molar-refractivity contribution in [2.75, 3.05) is 11.9 Å². The Morgan fingerprint density at radius 3 is 2.76 bits per heavy atom. The molecule has 1 saturated heterocycles. The Morgan fingerprint density at radius 2 is 2.06 bits per heavy atom. The molecule has 2 atom stereocenters. The van der Waals surface area contributed by atoms with Crippen LogP contribution < -0.4 is 5.32 Å². The molecular weight excluding hydrogens is 214 g/mol. The van der Waals surface area contributed by atoms with Crippen molar-refractivity contribution in [3.63, 3.8) is 0 Å². The third-order valence-corrected chi connectivity index (χ3v) is 3.39. The van der Waals surface area contributed by atoms with E-state index in [9.17, 15) is 5.11 Å². The maximum absolute atomic E-state index is 9.62. The average Bonchev–Trinajstić information content (AvgIpc) is 2.26. The summed E-state index contributed by atoms with van der Waals surface area (Å²) in [5.41, 5.74) is 3.13. The van der Waals surface area contributed by atoms with Crippen LogP contribution in [0.15, 0.2) is 12.1 Å². The summed E-state index contributed by atoms with van der Waals surface area (Å²) in [6.45, 7) is 6.88. The van der Waals surface area contributed by atoms with Gasteiger partial charge in [-0.15, -0.1) is 0 Å². The van der Waals surface area contributed by atoms with Gasteiger partial charge in [0.25, 0.3) is 0 Å². The van der Waals surface area contributed by atoms with Crippen LogP contribution in [0.3, 0.4) is 0 Å². The third-order valence-electron chi connectivity index (χ3n) is 3.39. The molecule has 0 amide bonds. The highest BCUT2D eigenvalue weighted by molar-refractivity contribution is 5.57. The summed E-state index contributed by atoms with van der Waals surface area (Å²) in [6, 6.07) is 4.31. The van der Waals surface area contributed by atoms with Gasteiger partial charge in [0.1, 0.15) is 5.75 Å². The van der Waals surface area contributed by atoms with Crippen LogP contribution >= 0.6 is 0 Å². The number of benzene rings is 1. The van der Waals surface area contributed by atoms with Gasteiger partial charge in [0.2, 0.25) is 0 Å². The number of phenolic OH excluding ortho intramolecular Hbond substituents is 1. The van der Waals surface area contributed by atoms with Gasteiger partial charge in [-0.05, 0) is 56.9 Å². The Morgan fingerprint density at radius 1 is 1.29 bits per heavy atom. The normalized spacial score (nSPS) is 24.6. The molecule has 0 aliphatic carbocycles. The molecule has 1 fully saturated rings. The van der Waals surface area contributed by atoms with E-state index >= 15 is 0 Å². The lowest BCUT2D eigenvalue weighted by molar-refractivity contribution is 0.0232. The average molecular weight is 235 g/mol. The molecule has 3 nitrogen and oxygen atoms in total. The molecule has 2 unspecified atom stereocenters. The number of anilines is 1. The van der Waals surface area contributed by atoms with E-state index in [0.717, 1.165) is 36.3 Å². The quantitative estimate of drug-likeness (QED) is 0.774. The van der Waals surface area contributed by atoms with Gasteiger partial charge < -0.3 is 15.2 Å². The number of rotatable bonds is 2. The van der Waals surface area contributed by atoms with Gasteiger partial charge in [-0.1, -0.05) is 0 Å². The summed E-state index contributed by atoms with van der Waals surface area (Å²) in [6.07, 6.45) is 2.42. The van der Waals surface area contributed by atoms with Gasteiger partial charge in [-0.3, -0.25) is 0 Å². The fourth-order valence-corrected chi connectivity index (χ4v) is 2.31. The first-order valence-corrected chi connectivity index (χ1v) is 6.24. The van der Waals surface area contributed by atoms with Crippen LogP contribution in [0.5, 0.6) is 5.75 Å². The van der Waals surface area contributed by atoms with Crippen LogP contribution in [0.25, 0.3) is 0 Å². The standard InChI is InChI=1S/C14H21NO2/c1-9-7-14(16)10(2)6-13(9)15-12-4-5-17-11(3)8-12/h6-7,11-12,15-16H,4-5,8H2,1-3H3. The van der Waals surface area contributed by atoms with Crippen molar-refractivity contribution >= 4 is 5.69 Å². The highest BCUT2D eigenvalue weighted by atomic mass is 16.5. The smallest absolute Gasteiger partial charge is 0.118 e. The molecule has 0 bridgehead atoms. The molecular formula is C14H21NO2. The maximum Gasteiger partial charge on any atom is 0.118 e. The second kappa shape index (κ2) is 4.96. The molecule has 17 heavy (non-hydrogen) atoms. The molecule has 2 rings (SSSR count). The molecule has 1 aliphatic rings. The Kier molecular flexibility index (Phi) is 3.57. The first-order chi connectivity index (χ1) is 8.06. The summed E-state index contributed by atoms with van der Waals surface area (Å²) in [5.74, 6) is 0.369. The number of aromatic hydroxyl groups is 1. The molecule has 0 spiro atoms. The van der Waals surface area contributed by atoms with Gasteiger partial charge in [0.15, 0.2) is 0 Å². The molecule has 0 saturated carbocycles. The fourth-order valence-electron chi connectivity index (χ4n) is 2.31. The lowest BCUT2D eigenvalue weighted by Crippen LogP contribution is -2.32. The number of aryl methyl sites for hydroxylation is 2. The molecule has 1 heterocycles. The maximum atomic E-state index is 9.62. The molecule has 1 aromatic carbocycles. The van der Waals surface area contributed by atoms with Crippen molar-refractivity contribution in [1.29, 1.82) is 0 Å². The van der Waals surface area contributed by atoms with Gasteiger partial charge in [0, 0.05) is 18.3 Å². The Balaban J connectivity index is 2.10. The van der Waals surface area contributed by atoms with E-state index in [1.54, 1.807) is 0 Å². The third kappa shape index (κ3) is 2.91. The monoisotopic (exact) mass is 235 g/mol. The van der Waals surface area contributed by atoms with E-state index in [-0.39, 0.29) is 0 Å². The first kappa shape index (κ1) is 12.2. The van der Waals surface area contributed by atoms with Crippen molar-refractivity contribution in [1.82, 2.24) is 0 Å². The zero-order chi connectivity index (χ0) is 12.4. The van der Waals surface area contributed by atoms with E-state index in [2.05, 4.69) is 12.2 Å². The van der Waals surface area contributed by atoms with Crippen LogP contribution in [0.2, 0.25) is 0 Å². The number of ether oxygens (including phenoxy) is 1. The highest BCUT2D eigenvalue weighted by Crippen LogP contribution is 2.27. The van der Waals surface area contributed by atoms with E-state index in [1.165, 1.54) is 0 Å². The Bertz CT molecular complexity index is 403. The van der Waals surface area contributed by atoms with Crippen molar-refractivity contribution in [3.05, 3.63) is 23.3 Å². The minimum Gasteiger partial charge on any atom is -0.508 e. The highest BCUT2D eigenvalue weighted by Gasteiger charge is 2.19. The fraction of sp³-hybridized carbons (Fsp3) is 0.571. The second-order valence-corrected chi connectivity index (χ2v) is 5.00. The summed E-state index contributed by atoms with van der Waals surface area (Å²) in [4.78, 5) is 0. The van der Waals surface area contributed by atoms with E-state index in [1.807, 2.05) is 26.0 Å². The Hall–Kier alpha value is -1.22. The van der Waals surface area contributed by atoms with E-state index in [0.29, 0.717) is 17.9 Å². The second-order valence-electron chi connectivity index (χ2n) is 5.00. The van der Waals surface area contributed by atoms with E-state index < -0.39 is 0 Å². The zero-order valence-electron chi connectivity index (χ0n) is 10.8. The predicted molar refractivity (Wildman–Crippen MR) is 69.6 cm³/mol. The topological polar surface area (TPSA) is 41.5 Å². The van der Waals surface area contributed by atoms with Crippen LogP contribution in [0.1, 0.15) is 30.9 Å². The molecule has 0 aromatic heterocycles. The Labute approximate surface area is 103 Å². The van der Waals surface area contributed by atoms with Gasteiger partial charge in [0.05, 0.1) is 6.10 Å². The van der Waals surface area contributed by atoms with E-state index in [4.69, 9.17) is 4.74 Å². The predicted octanol–water partition coefficient (Wildman–Crippen LogP) is 2.99. The lowest BCUT2D eigenvalue weighted by Gasteiger charge is -2.29. The first-order valence-electron chi connectivity index (χ1n) is 6.24. The largest absolute Gasteiger partial charge is 0.508 e.